The van der Waals surface area contributed by atoms with Crippen LogP contribution >= 0.6 is 0 Å². The van der Waals surface area contributed by atoms with Crippen LogP contribution in [0, 0.1) is 5.92 Å². The summed E-state index contributed by atoms with van der Waals surface area (Å²) in [5, 5.41) is 0. The standard InChI is InChI=1S/C15H20F3NO/c16-15(17,18)12-6-8-13(9-7-12)20-14-5-3-1-2-4-11(14)10-19/h6-9,11,14H,1-5,10,19H2. The Labute approximate surface area is 117 Å². The predicted octanol–water partition coefficient (Wildman–Crippen LogP) is 3.99. The Morgan fingerprint density at radius 3 is 2.30 bits per heavy atom. The molecule has 2 N–H and O–H groups in total. The van der Waals surface area contributed by atoms with Crippen molar-refractivity contribution < 1.29 is 17.9 Å². The summed E-state index contributed by atoms with van der Waals surface area (Å²) in [7, 11) is 0. The molecule has 0 amide bonds. The van der Waals surface area contributed by atoms with E-state index in [1.165, 1.54) is 18.6 Å². The quantitative estimate of drug-likeness (QED) is 0.853. The largest absolute Gasteiger partial charge is 0.490 e. The second-order valence-electron chi connectivity index (χ2n) is 5.31. The second kappa shape index (κ2) is 6.48. The highest BCUT2D eigenvalue weighted by atomic mass is 19.4. The topological polar surface area (TPSA) is 35.2 Å². The van der Waals surface area contributed by atoms with Crippen LogP contribution in [0.15, 0.2) is 24.3 Å². The lowest BCUT2D eigenvalue weighted by Crippen LogP contribution is -2.31. The summed E-state index contributed by atoms with van der Waals surface area (Å²) in [5.74, 6) is 0.781. The third kappa shape index (κ3) is 3.88. The van der Waals surface area contributed by atoms with Crippen molar-refractivity contribution in [3.63, 3.8) is 0 Å². The van der Waals surface area contributed by atoms with Crippen LogP contribution in [-0.4, -0.2) is 12.6 Å². The van der Waals surface area contributed by atoms with Gasteiger partial charge in [0.05, 0.1) is 5.56 Å². The molecule has 0 aromatic heterocycles. The Hall–Kier alpha value is -1.23. The molecule has 1 saturated carbocycles. The molecule has 0 radical (unpaired) electrons. The van der Waals surface area contributed by atoms with Crippen molar-refractivity contribution in [3.05, 3.63) is 29.8 Å². The van der Waals surface area contributed by atoms with Crippen LogP contribution in [0.3, 0.4) is 0 Å². The maximum Gasteiger partial charge on any atom is 0.416 e. The van der Waals surface area contributed by atoms with Gasteiger partial charge in [-0.25, -0.2) is 0 Å². The van der Waals surface area contributed by atoms with Gasteiger partial charge in [-0.1, -0.05) is 12.8 Å². The molecule has 1 aromatic carbocycles. The average Bonchev–Trinajstić information content (AvgIpc) is 2.63. The van der Waals surface area contributed by atoms with Gasteiger partial charge < -0.3 is 10.5 Å². The minimum Gasteiger partial charge on any atom is -0.490 e. The fourth-order valence-corrected chi connectivity index (χ4v) is 2.67. The Kier molecular flexibility index (Phi) is 4.91. The van der Waals surface area contributed by atoms with Gasteiger partial charge in [-0.15, -0.1) is 0 Å². The molecule has 0 saturated heterocycles. The van der Waals surface area contributed by atoms with Crippen molar-refractivity contribution in [2.24, 2.45) is 11.7 Å². The Balaban J connectivity index is 2.04. The van der Waals surface area contributed by atoms with Crippen LogP contribution < -0.4 is 10.5 Å². The zero-order valence-corrected chi connectivity index (χ0v) is 11.3. The van der Waals surface area contributed by atoms with Gasteiger partial charge in [0, 0.05) is 5.92 Å². The first-order valence-corrected chi connectivity index (χ1v) is 7.04. The molecule has 0 aliphatic heterocycles. The lowest BCUT2D eigenvalue weighted by atomic mass is 9.97. The molecule has 20 heavy (non-hydrogen) atoms. The number of benzene rings is 1. The lowest BCUT2D eigenvalue weighted by molar-refractivity contribution is -0.137. The molecular formula is C15H20F3NO. The minimum atomic E-state index is -4.30. The predicted molar refractivity (Wildman–Crippen MR) is 71.5 cm³/mol. The number of hydrogen-bond acceptors (Lipinski definition) is 2. The Bertz CT molecular complexity index is 416. The van der Waals surface area contributed by atoms with Crippen LogP contribution in [0.5, 0.6) is 5.75 Å². The van der Waals surface area contributed by atoms with Crippen molar-refractivity contribution in [2.75, 3.05) is 6.54 Å². The maximum atomic E-state index is 12.5. The summed E-state index contributed by atoms with van der Waals surface area (Å²) >= 11 is 0. The number of alkyl halides is 3. The molecule has 2 unspecified atom stereocenters. The summed E-state index contributed by atoms with van der Waals surface area (Å²) in [6, 6.07) is 4.90. The van der Waals surface area contributed by atoms with E-state index >= 15 is 0 Å². The smallest absolute Gasteiger partial charge is 0.416 e. The molecule has 2 rings (SSSR count). The first kappa shape index (κ1) is 15.2. The van der Waals surface area contributed by atoms with Gasteiger partial charge in [0.1, 0.15) is 11.9 Å². The van der Waals surface area contributed by atoms with Gasteiger partial charge >= 0.3 is 6.18 Å². The van der Waals surface area contributed by atoms with Crippen LogP contribution in [-0.2, 0) is 6.18 Å². The summed E-state index contributed by atoms with van der Waals surface area (Å²) < 4.78 is 43.3. The molecule has 2 atom stereocenters. The van der Waals surface area contributed by atoms with Crippen molar-refractivity contribution >= 4 is 0 Å². The van der Waals surface area contributed by atoms with Crippen LogP contribution in [0.2, 0.25) is 0 Å². The summed E-state index contributed by atoms with van der Waals surface area (Å²) in [5.41, 5.74) is 5.12. The van der Waals surface area contributed by atoms with Crippen LogP contribution in [0.25, 0.3) is 0 Å². The average molecular weight is 287 g/mol. The third-order valence-electron chi connectivity index (χ3n) is 3.86. The zero-order valence-electron chi connectivity index (χ0n) is 11.3. The molecule has 112 valence electrons. The van der Waals surface area contributed by atoms with E-state index in [0.717, 1.165) is 37.8 Å². The zero-order chi connectivity index (χ0) is 14.6. The third-order valence-corrected chi connectivity index (χ3v) is 3.86. The van der Waals surface area contributed by atoms with Gasteiger partial charge in [-0.05, 0) is 50.1 Å². The van der Waals surface area contributed by atoms with E-state index in [0.29, 0.717) is 18.2 Å². The first-order valence-electron chi connectivity index (χ1n) is 7.04. The number of rotatable bonds is 3. The Morgan fingerprint density at radius 2 is 1.70 bits per heavy atom. The number of nitrogens with two attached hydrogens (primary N) is 1. The van der Waals surface area contributed by atoms with E-state index in [9.17, 15) is 13.2 Å². The minimum absolute atomic E-state index is 0.0132. The highest BCUT2D eigenvalue weighted by Crippen LogP contribution is 2.32. The summed E-state index contributed by atoms with van der Waals surface area (Å²) in [4.78, 5) is 0. The Morgan fingerprint density at radius 1 is 1.05 bits per heavy atom. The van der Waals surface area contributed by atoms with E-state index in [1.807, 2.05) is 0 Å². The molecule has 1 aliphatic carbocycles. The fraction of sp³-hybridized carbons (Fsp3) is 0.600. The normalized spacial score (nSPS) is 24.2. The van der Waals surface area contributed by atoms with Gasteiger partial charge in [-0.2, -0.15) is 13.2 Å². The first-order chi connectivity index (χ1) is 9.50. The van der Waals surface area contributed by atoms with E-state index in [2.05, 4.69) is 0 Å². The molecule has 5 heteroatoms. The van der Waals surface area contributed by atoms with Gasteiger partial charge in [0.15, 0.2) is 0 Å². The SMILES string of the molecule is NCC1CCCCCC1Oc1ccc(C(F)(F)F)cc1. The molecule has 1 aromatic rings. The molecule has 0 bridgehead atoms. The van der Waals surface area contributed by atoms with Gasteiger partial charge in [0.25, 0.3) is 0 Å². The van der Waals surface area contributed by atoms with E-state index < -0.39 is 11.7 Å². The summed E-state index contributed by atoms with van der Waals surface area (Å²) in [6.07, 6.45) is 1.06. The molecule has 0 spiro atoms. The fourth-order valence-electron chi connectivity index (χ4n) is 2.67. The number of halogens is 3. The summed E-state index contributed by atoms with van der Waals surface area (Å²) in [6.45, 7) is 0.561. The van der Waals surface area contributed by atoms with Crippen molar-refractivity contribution in [1.82, 2.24) is 0 Å². The van der Waals surface area contributed by atoms with Gasteiger partial charge in [0.2, 0.25) is 0 Å². The maximum absolute atomic E-state index is 12.5. The highest BCUT2D eigenvalue weighted by molar-refractivity contribution is 5.29. The van der Waals surface area contributed by atoms with Crippen LogP contribution in [0.4, 0.5) is 13.2 Å². The van der Waals surface area contributed by atoms with Crippen molar-refractivity contribution in [1.29, 1.82) is 0 Å². The van der Waals surface area contributed by atoms with Crippen molar-refractivity contribution in [3.8, 4) is 5.75 Å². The molecule has 2 nitrogen and oxygen atoms in total. The monoisotopic (exact) mass is 287 g/mol. The van der Waals surface area contributed by atoms with E-state index in [-0.39, 0.29) is 6.10 Å². The van der Waals surface area contributed by atoms with E-state index in [4.69, 9.17) is 10.5 Å². The van der Waals surface area contributed by atoms with Crippen molar-refractivity contribution in [2.45, 2.75) is 44.4 Å². The van der Waals surface area contributed by atoms with Gasteiger partial charge in [-0.3, -0.25) is 0 Å². The lowest BCUT2D eigenvalue weighted by Gasteiger charge is -2.25. The molecule has 1 fully saturated rings. The van der Waals surface area contributed by atoms with E-state index in [1.54, 1.807) is 0 Å². The molecule has 1 aliphatic rings. The molecule has 0 heterocycles. The highest BCUT2D eigenvalue weighted by Gasteiger charge is 2.30. The number of ether oxygens (including phenoxy) is 1. The second-order valence-corrected chi connectivity index (χ2v) is 5.31. The van der Waals surface area contributed by atoms with Crippen LogP contribution in [0.1, 0.15) is 37.7 Å². The molecular weight excluding hydrogens is 267 g/mol. The number of hydrogen-bond donors (Lipinski definition) is 1.